The van der Waals surface area contributed by atoms with Crippen LogP contribution in [-0.2, 0) is 23.9 Å². The van der Waals surface area contributed by atoms with Gasteiger partial charge in [-0.2, -0.15) is 0 Å². The lowest BCUT2D eigenvalue weighted by Gasteiger charge is -2.40. The maximum atomic E-state index is 12.0. The molecule has 1 unspecified atom stereocenters. The van der Waals surface area contributed by atoms with Crippen LogP contribution in [0.3, 0.4) is 0 Å². The normalized spacial score (nSPS) is 25.8. The molecule has 1 aromatic rings. The quantitative estimate of drug-likeness (QED) is 0.248. The Bertz CT molecular complexity index is 810. The summed E-state index contributed by atoms with van der Waals surface area (Å²) < 4.78 is 15.3. The van der Waals surface area contributed by atoms with Crippen molar-refractivity contribution in [2.24, 2.45) is 0 Å². The minimum absolute atomic E-state index is 0.194. The van der Waals surface area contributed by atoms with E-state index in [1.54, 1.807) is 31.2 Å². The van der Waals surface area contributed by atoms with E-state index < -0.39 is 55.1 Å². The van der Waals surface area contributed by atoms with E-state index in [9.17, 15) is 29.7 Å². The first kappa shape index (κ1) is 24.5. The summed E-state index contributed by atoms with van der Waals surface area (Å²) in [5, 5.41) is 32.9. The van der Waals surface area contributed by atoms with Crippen molar-refractivity contribution in [3.05, 3.63) is 35.9 Å². The van der Waals surface area contributed by atoms with E-state index in [1.807, 2.05) is 0 Å². The van der Waals surface area contributed by atoms with E-state index in [2.05, 4.69) is 5.32 Å². The highest BCUT2D eigenvalue weighted by molar-refractivity contribution is 5.88. The fourth-order valence-electron chi connectivity index (χ4n) is 2.96. The number of hydrogen-bond donors (Lipinski definition) is 4. The number of carbonyl (C=O) groups is 3. The molecule has 0 spiro atoms. The average Bonchev–Trinajstić information content (AvgIpc) is 2.72. The van der Waals surface area contributed by atoms with Crippen LogP contribution in [0.5, 0.6) is 5.75 Å². The molecule has 31 heavy (non-hydrogen) atoms. The van der Waals surface area contributed by atoms with Crippen LogP contribution in [0, 0.1) is 0 Å². The lowest BCUT2D eigenvalue weighted by Crippen LogP contribution is -2.64. The molecule has 1 heterocycles. The Kier molecular flexibility index (Phi) is 9.13. The molecule has 0 aromatic heterocycles. The second kappa shape index (κ2) is 11.6. The predicted octanol–water partition coefficient (Wildman–Crippen LogP) is -0.108. The summed E-state index contributed by atoms with van der Waals surface area (Å²) in [5.74, 6) is -1.41. The fourth-order valence-corrected chi connectivity index (χ4v) is 2.96. The van der Waals surface area contributed by atoms with Crippen LogP contribution in [0.2, 0.25) is 0 Å². The van der Waals surface area contributed by atoms with E-state index in [-0.39, 0.29) is 12.2 Å². The smallest absolute Gasteiger partial charge is 0.330 e. The molecule has 0 saturated carbocycles. The lowest BCUT2D eigenvalue weighted by molar-refractivity contribution is -0.255. The number of esters is 2. The van der Waals surface area contributed by atoms with Crippen LogP contribution in [0.25, 0.3) is 6.08 Å². The van der Waals surface area contributed by atoms with Crippen LogP contribution in [0.4, 0.5) is 0 Å². The van der Waals surface area contributed by atoms with Gasteiger partial charge in [-0.05, 0) is 18.6 Å². The SMILES string of the molecule is CCCC(=O)N[C@H]1C(O)O[C@H](COC(=O)/C=C/c2ccccc2OC(C)=O)[C@@H](O)[C@@H]1O. The molecule has 1 aliphatic rings. The number of amides is 1. The van der Waals surface area contributed by atoms with Gasteiger partial charge in [0.2, 0.25) is 5.91 Å². The second-order valence-corrected chi connectivity index (χ2v) is 6.98. The molecule has 0 radical (unpaired) electrons. The summed E-state index contributed by atoms with van der Waals surface area (Å²) in [4.78, 5) is 34.9. The van der Waals surface area contributed by atoms with E-state index >= 15 is 0 Å². The third-order valence-electron chi connectivity index (χ3n) is 4.49. The molecular formula is C21H27NO9. The molecule has 1 saturated heterocycles. The van der Waals surface area contributed by atoms with E-state index in [0.717, 1.165) is 6.08 Å². The third-order valence-corrected chi connectivity index (χ3v) is 4.49. The molecule has 4 N–H and O–H groups in total. The lowest BCUT2D eigenvalue weighted by atomic mass is 9.97. The largest absolute Gasteiger partial charge is 0.460 e. The van der Waals surface area contributed by atoms with Crippen LogP contribution in [0.1, 0.15) is 32.3 Å². The molecular weight excluding hydrogens is 410 g/mol. The Labute approximate surface area is 179 Å². The van der Waals surface area contributed by atoms with Crippen molar-refractivity contribution in [1.29, 1.82) is 0 Å². The molecule has 0 aliphatic carbocycles. The number of para-hydroxylation sites is 1. The predicted molar refractivity (Wildman–Crippen MR) is 107 cm³/mol. The molecule has 1 amide bonds. The van der Waals surface area contributed by atoms with Gasteiger partial charge in [-0.25, -0.2) is 4.79 Å². The van der Waals surface area contributed by atoms with Crippen LogP contribution in [-0.4, -0.2) is 70.4 Å². The van der Waals surface area contributed by atoms with Gasteiger partial charge >= 0.3 is 11.9 Å². The highest BCUT2D eigenvalue weighted by atomic mass is 16.6. The molecule has 2 rings (SSSR count). The Morgan fingerprint density at radius 2 is 1.87 bits per heavy atom. The first-order valence-electron chi connectivity index (χ1n) is 9.84. The number of nitrogens with one attached hydrogen (secondary N) is 1. The molecule has 0 bridgehead atoms. The summed E-state index contributed by atoms with van der Waals surface area (Å²) in [6.07, 6.45) is -2.55. The molecule has 170 valence electrons. The zero-order chi connectivity index (χ0) is 23.0. The van der Waals surface area contributed by atoms with E-state index in [1.165, 1.54) is 13.0 Å². The van der Waals surface area contributed by atoms with Crippen molar-refractivity contribution in [1.82, 2.24) is 5.32 Å². The maximum Gasteiger partial charge on any atom is 0.330 e. The van der Waals surface area contributed by atoms with Crippen molar-refractivity contribution < 1.29 is 43.9 Å². The molecule has 1 fully saturated rings. The third kappa shape index (κ3) is 7.14. The van der Waals surface area contributed by atoms with Gasteiger partial charge in [-0.1, -0.05) is 25.1 Å². The summed E-state index contributed by atoms with van der Waals surface area (Å²) in [7, 11) is 0. The van der Waals surface area contributed by atoms with Crippen molar-refractivity contribution in [3.8, 4) is 5.75 Å². The van der Waals surface area contributed by atoms with Crippen molar-refractivity contribution in [3.63, 3.8) is 0 Å². The monoisotopic (exact) mass is 437 g/mol. The maximum absolute atomic E-state index is 12.0. The van der Waals surface area contributed by atoms with Crippen molar-refractivity contribution >= 4 is 23.9 Å². The second-order valence-electron chi connectivity index (χ2n) is 6.98. The van der Waals surface area contributed by atoms with Gasteiger partial charge in [-0.15, -0.1) is 0 Å². The summed E-state index contributed by atoms with van der Waals surface area (Å²) in [5.41, 5.74) is 0.472. The summed E-state index contributed by atoms with van der Waals surface area (Å²) >= 11 is 0. The molecule has 1 aliphatic heterocycles. The number of ether oxygens (including phenoxy) is 3. The first-order chi connectivity index (χ1) is 14.7. The van der Waals surface area contributed by atoms with Crippen LogP contribution >= 0.6 is 0 Å². The number of aliphatic hydroxyl groups excluding tert-OH is 3. The highest BCUT2D eigenvalue weighted by Gasteiger charge is 2.44. The van der Waals surface area contributed by atoms with Gasteiger partial charge in [0.1, 0.15) is 36.7 Å². The standard InChI is InChI=1S/C21H27NO9/c1-3-6-16(24)22-18-20(27)19(26)15(31-21(18)28)11-29-17(25)10-9-13-7-4-5-8-14(13)30-12(2)23/h4-5,7-10,15,18-21,26-28H,3,6,11H2,1-2H3,(H,22,24)/b10-9+/t15-,18-,19-,20-,21?/m1/s1. The van der Waals surface area contributed by atoms with Gasteiger partial charge < -0.3 is 34.8 Å². The molecule has 10 heteroatoms. The Morgan fingerprint density at radius 1 is 1.16 bits per heavy atom. The van der Waals surface area contributed by atoms with Gasteiger partial charge in [0, 0.05) is 25.0 Å². The van der Waals surface area contributed by atoms with Gasteiger partial charge in [0.15, 0.2) is 6.29 Å². The Morgan fingerprint density at radius 3 is 2.55 bits per heavy atom. The minimum atomic E-state index is -1.59. The number of benzene rings is 1. The van der Waals surface area contributed by atoms with E-state index in [4.69, 9.17) is 14.2 Å². The highest BCUT2D eigenvalue weighted by Crippen LogP contribution is 2.22. The average molecular weight is 437 g/mol. The van der Waals surface area contributed by atoms with Crippen molar-refractivity contribution in [2.45, 2.75) is 57.3 Å². The van der Waals surface area contributed by atoms with Gasteiger partial charge in [0.05, 0.1) is 0 Å². The number of carbonyl (C=O) groups excluding carboxylic acids is 3. The fraction of sp³-hybridized carbons (Fsp3) is 0.476. The Hall–Kier alpha value is -2.79. The minimum Gasteiger partial charge on any atom is -0.460 e. The molecule has 10 nitrogen and oxygen atoms in total. The van der Waals surface area contributed by atoms with Crippen LogP contribution < -0.4 is 10.1 Å². The summed E-state index contributed by atoms with van der Waals surface area (Å²) in [6.45, 7) is 2.61. The van der Waals surface area contributed by atoms with Crippen LogP contribution in [0.15, 0.2) is 30.3 Å². The summed E-state index contributed by atoms with van der Waals surface area (Å²) in [6, 6.07) is 5.36. The zero-order valence-corrected chi connectivity index (χ0v) is 17.3. The number of hydrogen-bond acceptors (Lipinski definition) is 9. The first-order valence-corrected chi connectivity index (χ1v) is 9.84. The number of rotatable bonds is 8. The van der Waals surface area contributed by atoms with Crippen molar-refractivity contribution in [2.75, 3.05) is 6.61 Å². The molecule has 5 atom stereocenters. The van der Waals surface area contributed by atoms with Gasteiger partial charge in [0.25, 0.3) is 0 Å². The zero-order valence-electron chi connectivity index (χ0n) is 17.3. The van der Waals surface area contributed by atoms with Gasteiger partial charge in [-0.3, -0.25) is 9.59 Å². The Balaban J connectivity index is 1.92. The molecule has 1 aromatic carbocycles. The van der Waals surface area contributed by atoms with E-state index in [0.29, 0.717) is 12.0 Å². The topological polar surface area (TPSA) is 152 Å². The number of aliphatic hydroxyl groups is 3.